The number of methoxy groups -OCH3 is 2. The molecule has 0 aliphatic carbocycles. The maximum absolute atomic E-state index is 12.2. The summed E-state index contributed by atoms with van der Waals surface area (Å²) >= 11 is 1.61. The van der Waals surface area contributed by atoms with E-state index in [4.69, 9.17) is 9.47 Å². The lowest BCUT2D eigenvalue weighted by Crippen LogP contribution is -2.23. The van der Waals surface area contributed by atoms with E-state index < -0.39 is 0 Å². The molecule has 6 heteroatoms. The molecular weight excluding hydrogens is 300 g/mol. The van der Waals surface area contributed by atoms with Crippen LogP contribution in [0.15, 0.2) is 23.6 Å². The number of nitrogens with zero attached hydrogens (tertiary/aromatic N) is 1. The third kappa shape index (κ3) is 3.98. The fraction of sp³-hybridized carbons (Fsp3) is 0.375. The van der Waals surface area contributed by atoms with Gasteiger partial charge in [0.1, 0.15) is 11.5 Å². The Balaban J connectivity index is 2.05. The molecule has 0 unspecified atom stereocenters. The van der Waals surface area contributed by atoms with Gasteiger partial charge < -0.3 is 14.8 Å². The number of amides is 1. The van der Waals surface area contributed by atoms with Crippen LogP contribution in [0.5, 0.6) is 11.5 Å². The second-order valence-corrected chi connectivity index (χ2v) is 6.01. The van der Waals surface area contributed by atoms with Crippen molar-refractivity contribution in [2.24, 2.45) is 0 Å². The van der Waals surface area contributed by atoms with Gasteiger partial charge in [-0.3, -0.25) is 4.79 Å². The molecule has 22 heavy (non-hydrogen) atoms. The largest absolute Gasteiger partial charge is 0.497 e. The lowest BCUT2D eigenvalue weighted by molar-refractivity contribution is 0.0949. The Labute approximate surface area is 134 Å². The molecule has 0 aliphatic rings. The molecule has 2 rings (SSSR count). The van der Waals surface area contributed by atoms with Gasteiger partial charge in [0.05, 0.1) is 31.5 Å². The van der Waals surface area contributed by atoms with Crippen LogP contribution in [-0.2, 0) is 6.54 Å². The number of aromatic nitrogens is 1. The molecule has 0 saturated heterocycles. The Bertz CT molecular complexity index is 630. The molecular formula is C16H20N2O3S. The number of thiazole rings is 1. The van der Waals surface area contributed by atoms with Crippen LogP contribution in [0.2, 0.25) is 0 Å². The SMILES string of the molecule is COc1cc(OC)cc(C(=O)NCc2csc(C(C)C)n2)c1. The maximum Gasteiger partial charge on any atom is 0.251 e. The summed E-state index contributed by atoms with van der Waals surface area (Å²) in [5, 5.41) is 5.91. The number of ether oxygens (including phenoxy) is 2. The summed E-state index contributed by atoms with van der Waals surface area (Å²) < 4.78 is 10.3. The van der Waals surface area contributed by atoms with E-state index in [1.165, 1.54) is 0 Å². The van der Waals surface area contributed by atoms with Gasteiger partial charge >= 0.3 is 0 Å². The molecule has 0 aliphatic heterocycles. The molecule has 0 spiro atoms. The van der Waals surface area contributed by atoms with Gasteiger partial charge in [-0.1, -0.05) is 13.8 Å². The summed E-state index contributed by atoms with van der Waals surface area (Å²) in [4.78, 5) is 16.7. The molecule has 1 amide bonds. The van der Waals surface area contributed by atoms with E-state index in [1.54, 1.807) is 43.8 Å². The minimum atomic E-state index is -0.184. The highest BCUT2D eigenvalue weighted by atomic mass is 32.1. The molecule has 0 atom stereocenters. The number of hydrogen-bond acceptors (Lipinski definition) is 5. The summed E-state index contributed by atoms with van der Waals surface area (Å²) in [5.41, 5.74) is 1.37. The molecule has 0 bridgehead atoms. The normalized spacial score (nSPS) is 10.6. The molecule has 5 nitrogen and oxygen atoms in total. The highest BCUT2D eigenvalue weighted by Gasteiger charge is 2.11. The lowest BCUT2D eigenvalue weighted by Gasteiger charge is -2.08. The highest BCUT2D eigenvalue weighted by molar-refractivity contribution is 7.09. The van der Waals surface area contributed by atoms with Crippen molar-refractivity contribution in [2.45, 2.75) is 26.3 Å². The zero-order chi connectivity index (χ0) is 16.1. The maximum atomic E-state index is 12.2. The van der Waals surface area contributed by atoms with E-state index in [9.17, 15) is 4.79 Å². The Morgan fingerprint density at radius 3 is 2.36 bits per heavy atom. The van der Waals surface area contributed by atoms with E-state index in [-0.39, 0.29) is 5.91 Å². The van der Waals surface area contributed by atoms with Crippen LogP contribution in [0.25, 0.3) is 0 Å². The number of nitrogens with one attached hydrogen (secondary N) is 1. The van der Waals surface area contributed by atoms with Crippen LogP contribution < -0.4 is 14.8 Å². The summed E-state index contributed by atoms with van der Waals surface area (Å²) in [6.45, 7) is 4.61. The molecule has 2 aromatic rings. The van der Waals surface area contributed by atoms with E-state index in [1.807, 2.05) is 5.38 Å². The Morgan fingerprint density at radius 2 is 1.86 bits per heavy atom. The minimum Gasteiger partial charge on any atom is -0.497 e. The van der Waals surface area contributed by atoms with Gasteiger partial charge in [0.2, 0.25) is 0 Å². The van der Waals surface area contributed by atoms with Crippen molar-refractivity contribution < 1.29 is 14.3 Å². The predicted octanol–water partition coefficient (Wildman–Crippen LogP) is 3.21. The Kier molecular flexibility index (Phi) is 5.38. The van der Waals surface area contributed by atoms with Crippen LogP contribution in [0, 0.1) is 0 Å². The fourth-order valence-electron chi connectivity index (χ4n) is 1.88. The molecule has 0 fully saturated rings. The van der Waals surface area contributed by atoms with Crippen LogP contribution in [0.4, 0.5) is 0 Å². The first-order valence-corrected chi connectivity index (χ1v) is 7.87. The highest BCUT2D eigenvalue weighted by Crippen LogP contribution is 2.23. The van der Waals surface area contributed by atoms with E-state index >= 15 is 0 Å². The van der Waals surface area contributed by atoms with Crippen molar-refractivity contribution in [3.05, 3.63) is 39.8 Å². The van der Waals surface area contributed by atoms with Crippen LogP contribution >= 0.6 is 11.3 Å². The summed E-state index contributed by atoms with van der Waals surface area (Å²) in [7, 11) is 3.11. The number of rotatable bonds is 6. The monoisotopic (exact) mass is 320 g/mol. The van der Waals surface area contributed by atoms with Gasteiger partial charge in [-0.2, -0.15) is 0 Å². The van der Waals surface area contributed by atoms with E-state index in [0.717, 1.165) is 10.7 Å². The first-order chi connectivity index (χ1) is 10.5. The number of benzene rings is 1. The third-order valence-electron chi connectivity index (χ3n) is 3.11. The zero-order valence-electron chi connectivity index (χ0n) is 13.2. The van der Waals surface area contributed by atoms with Gasteiger partial charge in [-0.25, -0.2) is 4.98 Å². The average Bonchev–Trinajstić information content (AvgIpc) is 3.01. The number of hydrogen-bond donors (Lipinski definition) is 1. The lowest BCUT2D eigenvalue weighted by atomic mass is 10.2. The number of carbonyl (C=O) groups is 1. The molecule has 1 N–H and O–H groups in total. The van der Waals surface area contributed by atoms with Crippen molar-refractivity contribution in [1.29, 1.82) is 0 Å². The topological polar surface area (TPSA) is 60.5 Å². The van der Waals surface area contributed by atoms with Crippen LogP contribution in [-0.4, -0.2) is 25.1 Å². The second kappa shape index (κ2) is 7.26. The molecule has 1 heterocycles. The predicted molar refractivity (Wildman–Crippen MR) is 86.9 cm³/mol. The molecule has 1 aromatic carbocycles. The van der Waals surface area contributed by atoms with Gasteiger partial charge in [-0.05, 0) is 12.1 Å². The quantitative estimate of drug-likeness (QED) is 0.888. The number of carbonyl (C=O) groups excluding carboxylic acids is 1. The van der Waals surface area contributed by atoms with Gasteiger partial charge in [0.25, 0.3) is 5.91 Å². The first kappa shape index (κ1) is 16.3. The van der Waals surface area contributed by atoms with Crippen molar-refractivity contribution in [1.82, 2.24) is 10.3 Å². The molecule has 0 saturated carbocycles. The van der Waals surface area contributed by atoms with Gasteiger partial charge in [0.15, 0.2) is 0 Å². The molecule has 118 valence electrons. The Hall–Kier alpha value is -2.08. The summed E-state index contributed by atoms with van der Waals surface area (Å²) in [6, 6.07) is 5.09. The van der Waals surface area contributed by atoms with Gasteiger partial charge in [0, 0.05) is 22.9 Å². The van der Waals surface area contributed by atoms with E-state index in [2.05, 4.69) is 24.1 Å². The minimum absolute atomic E-state index is 0.184. The van der Waals surface area contributed by atoms with Crippen molar-refractivity contribution in [2.75, 3.05) is 14.2 Å². The second-order valence-electron chi connectivity index (χ2n) is 5.12. The standard InChI is InChI=1S/C16H20N2O3S/c1-10(2)16-18-12(9-22-16)8-17-15(19)11-5-13(20-3)7-14(6-11)21-4/h5-7,9-10H,8H2,1-4H3,(H,17,19). The average molecular weight is 320 g/mol. The van der Waals surface area contributed by atoms with Crippen LogP contribution in [0.3, 0.4) is 0 Å². The first-order valence-electron chi connectivity index (χ1n) is 6.99. The smallest absolute Gasteiger partial charge is 0.251 e. The van der Waals surface area contributed by atoms with Crippen molar-refractivity contribution in [3.63, 3.8) is 0 Å². The third-order valence-corrected chi connectivity index (χ3v) is 4.30. The van der Waals surface area contributed by atoms with E-state index in [0.29, 0.717) is 29.5 Å². The van der Waals surface area contributed by atoms with Crippen LogP contribution in [0.1, 0.15) is 40.8 Å². The summed E-state index contributed by atoms with van der Waals surface area (Å²) in [6.07, 6.45) is 0. The summed E-state index contributed by atoms with van der Waals surface area (Å²) in [5.74, 6) is 1.38. The fourth-order valence-corrected chi connectivity index (χ4v) is 2.72. The van der Waals surface area contributed by atoms with Crippen molar-refractivity contribution >= 4 is 17.2 Å². The zero-order valence-corrected chi connectivity index (χ0v) is 14.0. The molecule has 1 aromatic heterocycles. The molecule has 0 radical (unpaired) electrons. The van der Waals surface area contributed by atoms with Gasteiger partial charge in [-0.15, -0.1) is 11.3 Å². The Morgan fingerprint density at radius 1 is 1.23 bits per heavy atom. The van der Waals surface area contributed by atoms with Crippen molar-refractivity contribution in [3.8, 4) is 11.5 Å².